The fraction of sp³-hybridized carbons (Fsp3) is 0.143. The van der Waals surface area contributed by atoms with Gasteiger partial charge in [-0.1, -0.05) is 27.5 Å². The molecule has 0 radical (unpaired) electrons. The highest BCUT2D eigenvalue weighted by Crippen LogP contribution is 2.31. The molecule has 23 heavy (non-hydrogen) atoms. The summed E-state index contributed by atoms with van der Waals surface area (Å²) >= 11 is 9.15. The van der Waals surface area contributed by atoms with Crippen molar-refractivity contribution < 1.29 is 22.7 Å². The summed E-state index contributed by atoms with van der Waals surface area (Å²) in [5.41, 5.74) is 0.0406. The fourth-order valence-electron chi connectivity index (χ4n) is 1.75. The van der Waals surface area contributed by atoms with Gasteiger partial charge in [-0.25, -0.2) is 12.8 Å². The molecule has 2 aromatic rings. The molecule has 124 valence electrons. The number of anilines is 1. The number of benzene rings is 2. The monoisotopic (exact) mass is 423 g/mol. The summed E-state index contributed by atoms with van der Waals surface area (Å²) in [5.74, 6) is -0.626. The van der Waals surface area contributed by atoms with Crippen LogP contribution in [0.15, 0.2) is 45.8 Å². The second-order valence-corrected chi connectivity index (χ2v) is 7.37. The molecule has 0 saturated heterocycles. The van der Waals surface area contributed by atoms with Gasteiger partial charge in [-0.3, -0.25) is 4.72 Å². The molecule has 0 fully saturated rings. The summed E-state index contributed by atoms with van der Waals surface area (Å²) in [4.78, 5) is -0.125. The first-order chi connectivity index (χ1) is 10.8. The first-order valence-corrected chi connectivity index (χ1v) is 9.00. The number of sulfonamides is 1. The maximum absolute atomic E-state index is 13.3. The molecule has 2 aromatic carbocycles. The summed E-state index contributed by atoms with van der Waals surface area (Å²) in [5, 5.41) is 8.82. The standard InChI is InChI=1S/C14H12BrClFNO4S/c15-9-1-4-14(11(16)7-9)23(20,21)18-12-3-2-10(17)8-13(12)22-6-5-19/h1-4,7-8,18-19H,5-6H2. The Morgan fingerprint density at radius 2 is 2.00 bits per heavy atom. The van der Waals surface area contributed by atoms with E-state index in [9.17, 15) is 12.8 Å². The van der Waals surface area contributed by atoms with Crippen LogP contribution in [-0.4, -0.2) is 26.7 Å². The van der Waals surface area contributed by atoms with E-state index < -0.39 is 15.8 Å². The Morgan fingerprint density at radius 3 is 2.65 bits per heavy atom. The van der Waals surface area contributed by atoms with Crippen molar-refractivity contribution in [1.82, 2.24) is 0 Å². The lowest BCUT2D eigenvalue weighted by Crippen LogP contribution is -2.15. The maximum Gasteiger partial charge on any atom is 0.263 e. The lowest BCUT2D eigenvalue weighted by molar-refractivity contribution is 0.201. The van der Waals surface area contributed by atoms with Crippen molar-refractivity contribution in [2.75, 3.05) is 17.9 Å². The molecule has 0 aromatic heterocycles. The van der Waals surface area contributed by atoms with E-state index >= 15 is 0 Å². The molecule has 0 saturated carbocycles. The molecule has 5 nitrogen and oxygen atoms in total. The quantitative estimate of drug-likeness (QED) is 0.745. The minimum atomic E-state index is -3.99. The first-order valence-electron chi connectivity index (χ1n) is 6.34. The van der Waals surface area contributed by atoms with Crippen LogP contribution in [0, 0.1) is 5.82 Å². The van der Waals surface area contributed by atoms with E-state index in [2.05, 4.69) is 20.7 Å². The van der Waals surface area contributed by atoms with E-state index in [1.165, 1.54) is 24.3 Å². The summed E-state index contributed by atoms with van der Waals surface area (Å²) in [6, 6.07) is 7.67. The molecule has 0 spiro atoms. The summed E-state index contributed by atoms with van der Waals surface area (Å²) in [6.07, 6.45) is 0. The molecule has 0 bridgehead atoms. The number of halogens is 3. The molecule has 0 aliphatic heterocycles. The van der Waals surface area contributed by atoms with Crippen LogP contribution < -0.4 is 9.46 Å². The van der Waals surface area contributed by atoms with Crippen LogP contribution >= 0.6 is 27.5 Å². The van der Waals surface area contributed by atoms with Gasteiger partial charge in [0.25, 0.3) is 10.0 Å². The fourth-order valence-corrected chi connectivity index (χ4v) is 3.86. The second kappa shape index (κ2) is 7.48. The van der Waals surface area contributed by atoms with Crippen molar-refractivity contribution in [2.24, 2.45) is 0 Å². The van der Waals surface area contributed by atoms with E-state index in [1.807, 2.05) is 0 Å². The average molecular weight is 425 g/mol. The zero-order chi connectivity index (χ0) is 17.0. The van der Waals surface area contributed by atoms with Crippen LogP contribution in [0.4, 0.5) is 10.1 Å². The molecule has 0 unspecified atom stereocenters. The molecule has 0 aliphatic rings. The van der Waals surface area contributed by atoms with Crippen LogP contribution in [0.5, 0.6) is 5.75 Å². The van der Waals surface area contributed by atoms with Gasteiger partial charge in [0.15, 0.2) is 0 Å². The predicted octanol–water partition coefficient (Wildman–Crippen LogP) is 3.41. The molecule has 2 N–H and O–H groups in total. The molecule has 0 atom stereocenters. The van der Waals surface area contributed by atoms with E-state index in [-0.39, 0.29) is 34.6 Å². The van der Waals surface area contributed by atoms with Gasteiger partial charge in [0.2, 0.25) is 0 Å². The van der Waals surface area contributed by atoms with E-state index in [4.69, 9.17) is 21.4 Å². The molecular weight excluding hydrogens is 413 g/mol. The molecule has 0 heterocycles. The second-order valence-electron chi connectivity index (χ2n) is 4.39. The Labute approximate surface area is 146 Å². The zero-order valence-electron chi connectivity index (χ0n) is 11.6. The van der Waals surface area contributed by atoms with Crippen molar-refractivity contribution >= 4 is 43.2 Å². The number of hydrogen-bond acceptors (Lipinski definition) is 4. The van der Waals surface area contributed by atoms with Crippen LogP contribution in [0.25, 0.3) is 0 Å². The van der Waals surface area contributed by atoms with Gasteiger partial charge in [0, 0.05) is 10.5 Å². The Hall–Kier alpha value is -1.35. The van der Waals surface area contributed by atoms with E-state index in [1.54, 1.807) is 0 Å². The van der Waals surface area contributed by atoms with Gasteiger partial charge in [-0.2, -0.15) is 0 Å². The number of ether oxygens (including phenoxy) is 1. The Balaban J connectivity index is 2.37. The normalized spacial score (nSPS) is 11.3. The number of hydrogen-bond donors (Lipinski definition) is 2. The van der Waals surface area contributed by atoms with Gasteiger partial charge < -0.3 is 9.84 Å². The third-order valence-electron chi connectivity index (χ3n) is 2.72. The highest BCUT2D eigenvalue weighted by Gasteiger charge is 2.20. The third kappa shape index (κ3) is 4.57. The van der Waals surface area contributed by atoms with Crippen molar-refractivity contribution in [3.8, 4) is 5.75 Å². The number of rotatable bonds is 6. The van der Waals surface area contributed by atoms with Crippen LogP contribution in [0.2, 0.25) is 5.02 Å². The van der Waals surface area contributed by atoms with Crippen molar-refractivity contribution in [3.05, 3.63) is 51.7 Å². The lowest BCUT2D eigenvalue weighted by atomic mass is 10.3. The van der Waals surface area contributed by atoms with E-state index in [0.29, 0.717) is 4.47 Å². The van der Waals surface area contributed by atoms with Gasteiger partial charge >= 0.3 is 0 Å². The Bertz CT molecular complexity index is 816. The molecular formula is C14H12BrClFNO4S. The van der Waals surface area contributed by atoms with Crippen LogP contribution in [-0.2, 0) is 10.0 Å². The Morgan fingerprint density at radius 1 is 1.26 bits per heavy atom. The zero-order valence-corrected chi connectivity index (χ0v) is 14.8. The SMILES string of the molecule is O=S(=O)(Nc1ccc(F)cc1OCCO)c1ccc(Br)cc1Cl. The minimum absolute atomic E-state index is 0.0316. The topological polar surface area (TPSA) is 75.6 Å². The highest BCUT2D eigenvalue weighted by atomic mass is 79.9. The number of nitrogens with one attached hydrogen (secondary N) is 1. The van der Waals surface area contributed by atoms with Crippen molar-refractivity contribution in [1.29, 1.82) is 0 Å². The molecule has 9 heteroatoms. The number of aliphatic hydroxyl groups is 1. The predicted molar refractivity (Wildman–Crippen MR) is 88.9 cm³/mol. The van der Waals surface area contributed by atoms with Crippen molar-refractivity contribution in [2.45, 2.75) is 4.90 Å². The van der Waals surface area contributed by atoms with Crippen molar-refractivity contribution in [3.63, 3.8) is 0 Å². The molecule has 0 amide bonds. The number of aliphatic hydroxyl groups excluding tert-OH is 1. The Kier molecular flexibility index (Phi) is 5.85. The molecule has 0 aliphatic carbocycles. The smallest absolute Gasteiger partial charge is 0.263 e. The lowest BCUT2D eigenvalue weighted by Gasteiger charge is -2.14. The van der Waals surface area contributed by atoms with Crippen LogP contribution in [0.1, 0.15) is 0 Å². The third-order valence-corrected chi connectivity index (χ3v) is 5.06. The summed E-state index contributed by atoms with van der Waals surface area (Å²) in [6.45, 7) is -0.390. The maximum atomic E-state index is 13.3. The summed E-state index contributed by atoms with van der Waals surface area (Å²) < 4.78 is 46.2. The first kappa shape index (κ1) is 18.0. The van der Waals surface area contributed by atoms with Gasteiger partial charge in [0.05, 0.1) is 17.3 Å². The highest BCUT2D eigenvalue weighted by molar-refractivity contribution is 9.10. The minimum Gasteiger partial charge on any atom is -0.489 e. The molecule has 2 rings (SSSR count). The average Bonchev–Trinajstić information content (AvgIpc) is 2.47. The van der Waals surface area contributed by atoms with Crippen LogP contribution in [0.3, 0.4) is 0 Å². The van der Waals surface area contributed by atoms with Gasteiger partial charge in [0.1, 0.15) is 23.1 Å². The van der Waals surface area contributed by atoms with Gasteiger partial charge in [-0.15, -0.1) is 0 Å². The van der Waals surface area contributed by atoms with E-state index in [0.717, 1.165) is 12.1 Å². The largest absolute Gasteiger partial charge is 0.489 e. The summed E-state index contributed by atoms with van der Waals surface area (Å²) in [7, 11) is -3.99. The van der Waals surface area contributed by atoms with Gasteiger partial charge in [-0.05, 0) is 30.3 Å².